The van der Waals surface area contributed by atoms with Gasteiger partial charge in [-0.2, -0.15) is 0 Å². The SMILES string of the molecule is Cc1ccc2ccc(C=CC(=O)NO)nc2c1. The van der Waals surface area contributed by atoms with E-state index in [1.165, 1.54) is 11.6 Å². The molecule has 4 heteroatoms. The maximum absolute atomic E-state index is 10.8. The number of rotatable bonds is 2. The van der Waals surface area contributed by atoms with Crippen molar-refractivity contribution in [2.24, 2.45) is 0 Å². The quantitative estimate of drug-likeness (QED) is 0.470. The Morgan fingerprint density at radius 2 is 2.12 bits per heavy atom. The van der Waals surface area contributed by atoms with Gasteiger partial charge in [-0.05, 0) is 30.7 Å². The van der Waals surface area contributed by atoms with Gasteiger partial charge in [-0.1, -0.05) is 18.2 Å². The van der Waals surface area contributed by atoms with Crippen LogP contribution in [-0.2, 0) is 4.79 Å². The molecule has 2 rings (SSSR count). The van der Waals surface area contributed by atoms with Crippen molar-refractivity contribution in [3.63, 3.8) is 0 Å². The first-order chi connectivity index (χ1) is 8.19. The molecule has 2 N–H and O–H groups in total. The van der Waals surface area contributed by atoms with E-state index < -0.39 is 5.91 Å². The molecular weight excluding hydrogens is 216 g/mol. The Balaban J connectivity index is 2.37. The first-order valence-corrected chi connectivity index (χ1v) is 5.18. The first-order valence-electron chi connectivity index (χ1n) is 5.18. The number of fused-ring (bicyclic) bond motifs is 1. The van der Waals surface area contributed by atoms with Gasteiger partial charge in [0, 0.05) is 11.5 Å². The summed E-state index contributed by atoms with van der Waals surface area (Å²) in [6.07, 6.45) is 2.78. The molecule has 1 amide bonds. The zero-order valence-electron chi connectivity index (χ0n) is 9.34. The van der Waals surface area contributed by atoms with E-state index in [9.17, 15) is 4.79 Å². The molecule has 0 bridgehead atoms. The van der Waals surface area contributed by atoms with E-state index >= 15 is 0 Å². The van der Waals surface area contributed by atoms with Crippen LogP contribution in [0.15, 0.2) is 36.4 Å². The van der Waals surface area contributed by atoms with E-state index in [-0.39, 0.29) is 0 Å². The largest absolute Gasteiger partial charge is 0.288 e. The van der Waals surface area contributed by atoms with E-state index in [1.807, 2.05) is 37.3 Å². The fourth-order valence-corrected chi connectivity index (χ4v) is 1.53. The third-order valence-corrected chi connectivity index (χ3v) is 2.38. The smallest absolute Gasteiger partial charge is 0.267 e. The summed E-state index contributed by atoms with van der Waals surface area (Å²) in [5.41, 5.74) is 4.22. The number of benzene rings is 1. The van der Waals surface area contributed by atoms with Crippen molar-refractivity contribution in [3.05, 3.63) is 47.7 Å². The summed E-state index contributed by atoms with van der Waals surface area (Å²) in [5, 5.41) is 9.40. The highest BCUT2D eigenvalue weighted by Crippen LogP contribution is 2.14. The Bertz CT molecular complexity index is 591. The normalized spacial score (nSPS) is 10.9. The highest BCUT2D eigenvalue weighted by atomic mass is 16.5. The van der Waals surface area contributed by atoms with Crippen LogP contribution in [0.2, 0.25) is 0 Å². The van der Waals surface area contributed by atoms with Gasteiger partial charge in [-0.25, -0.2) is 10.5 Å². The van der Waals surface area contributed by atoms with Gasteiger partial charge in [-0.15, -0.1) is 0 Å². The number of amides is 1. The van der Waals surface area contributed by atoms with Crippen LogP contribution in [0.4, 0.5) is 0 Å². The Hall–Kier alpha value is -2.20. The maximum atomic E-state index is 10.8. The molecule has 86 valence electrons. The number of hydrogen-bond donors (Lipinski definition) is 2. The van der Waals surface area contributed by atoms with Gasteiger partial charge in [0.15, 0.2) is 0 Å². The van der Waals surface area contributed by atoms with Crippen LogP contribution in [-0.4, -0.2) is 16.1 Å². The second-order valence-electron chi connectivity index (χ2n) is 3.74. The number of aryl methyl sites for hydroxylation is 1. The third kappa shape index (κ3) is 2.68. The van der Waals surface area contributed by atoms with Crippen molar-refractivity contribution in [2.75, 3.05) is 0 Å². The van der Waals surface area contributed by atoms with Crippen LogP contribution in [0.25, 0.3) is 17.0 Å². The van der Waals surface area contributed by atoms with Gasteiger partial charge < -0.3 is 0 Å². The van der Waals surface area contributed by atoms with Crippen LogP contribution in [0.3, 0.4) is 0 Å². The van der Waals surface area contributed by atoms with Crippen molar-refractivity contribution in [3.8, 4) is 0 Å². The van der Waals surface area contributed by atoms with Gasteiger partial charge in [0.2, 0.25) is 0 Å². The lowest BCUT2D eigenvalue weighted by Crippen LogP contribution is -2.14. The van der Waals surface area contributed by atoms with Crippen LogP contribution in [0, 0.1) is 6.92 Å². The van der Waals surface area contributed by atoms with Crippen molar-refractivity contribution in [1.82, 2.24) is 10.5 Å². The summed E-state index contributed by atoms with van der Waals surface area (Å²) in [5.74, 6) is -0.573. The van der Waals surface area contributed by atoms with E-state index in [1.54, 1.807) is 6.08 Å². The van der Waals surface area contributed by atoms with Gasteiger partial charge in [0.05, 0.1) is 11.2 Å². The molecule has 0 aliphatic rings. The van der Waals surface area contributed by atoms with E-state index in [4.69, 9.17) is 5.21 Å². The Labute approximate surface area is 98.6 Å². The topological polar surface area (TPSA) is 62.2 Å². The van der Waals surface area contributed by atoms with Gasteiger partial charge in [0.1, 0.15) is 0 Å². The summed E-state index contributed by atoms with van der Waals surface area (Å²) in [6.45, 7) is 2.00. The summed E-state index contributed by atoms with van der Waals surface area (Å²) in [7, 11) is 0. The molecule has 0 unspecified atom stereocenters. The number of pyridine rings is 1. The Morgan fingerprint density at radius 3 is 2.88 bits per heavy atom. The van der Waals surface area contributed by atoms with E-state index in [0.717, 1.165) is 16.5 Å². The van der Waals surface area contributed by atoms with Crippen LogP contribution < -0.4 is 5.48 Å². The van der Waals surface area contributed by atoms with Crippen molar-refractivity contribution >= 4 is 22.9 Å². The standard InChI is InChI=1S/C13H12N2O2/c1-9-2-3-10-4-5-11(14-12(10)8-9)6-7-13(16)15-17/h2-8,17H,1H3,(H,15,16). The highest BCUT2D eigenvalue weighted by Gasteiger charge is 1.97. The lowest BCUT2D eigenvalue weighted by molar-refractivity contribution is -0.124. The Morgan fingerprint density at radius 1 is 1.35 bits per heavy atom. The lowest BCUT2D eigenvalue weighted by atomic mass is 10.1. The number of hydrogen-bond acceptors (Lipinski definition) is 3. The molecule has 0 radical (unpaired) electrons. The minimum atomic E-state index is -0.573. The average molecular weight is 228 g/mol. The molecule has 1 heterocycles. The van der Waals surface area contributed by atoms with E-state index in [0.29, 0.717) is 5.69 Å². The molecule has 0 spiro atoms. The minimum Gasteiger partial charge on any atom is -0.288 e. The maximum Gasteiger partial charge on any atom is 0.267 e. The lowest BCUT2D eigenvalue weighted by Gasteiger charge is -2.00. The molecule has 17 heavy (non-hydrogen) atoms. The van der Waals surface area contributed by atoms with Crippen LogP contribution >= 0.6 is 0 Å². The zero-order chi connectivity index (χ0) is 12.3. The summed E-state index contributed by atoms with van der Waals surface area (Å²) >= 11 is 0. The second-order valence-corrected chi connectivity index (χ2v) is 3.74. The molecule has 1 aromatic carbocycles. The summed E-state index contributed by atoms with van der Waals surface area (Å²) in [4.78, 5) is 15.2. The zero-order valence-corrected chi connectivity index (χ0v) is 9.34. The molecule has 0 fully saturated rings. The van der Waals surface area contributed by atoms with Crippen molar-refractivity contribution in [2.45, 2.75) is 6.92 Å². The highest BCUT2D eigenvalue weighted by molar-refractivity contribution is 5.91. The number of carbonyl (C=O) groups excluding carboxylic acids is 1. The molecule has 0 saturated carbocycles. The molecule has 0 atom stereocenters. The number of hydroxylamine groups is 1. The van der Waals surface area contributed by atoms with Gasteiger partial charge in [0.25, 0.3) is 5.91 Å². The number of aromatic nitrogens is 1. The molecule has 0 saturated heterocycles. The van der Waals surface area contributed by atoms with Crippen molar-refractivity contribution in [1.29, 1.82) is 0 Å². The second kappa shape index (κ2) is 4.76. The Kier molecular flexibility index (Phi) is 3.16. The number of carbonyl (C=O) groups is 1. The molecule has 0 aliphatic carbocycles. The molecule has 0 aliphatic heterocycles. The molecule has 2 aromatic rings. The van der Waals surface area contributed by atoms with Gasteiger partial charge in [-0.3, -0.25) is 10.0 Å². The summed E-state index contributed by atoms with van der Waals surface area (Å²) < 4.78 is 0. The van der Waals surface area contributed by atoms with Crippen molar-refractivity contribution < 1.29 is 10.0 Å². The molecule has 4 nitrogen and oxygen atoms in total. The first kappa shape index (κ1) is 11.3. The molecule has 1 aromatic heterocycles. The predicted octanol–water partition coefficient (Wildman–Crippen LogP) is 2.06. The van der Waals surface area contributed by atoms with Crippen LogP contribution in [0.5, 0.6) is 0 Å². The van der Waals surface area contributed by atoms with Gasteiger partial charge >= 0.3 is 0 Å². The molecular formula is C13H12N2O2. The fourth-order valence-electron chi connectivity index (χ4n) is 1.53. The summed E-state index contributed by atoms with van der Waals surface area (Å²) in [6, 6.07) is 9.78. The van der Waals surface area contributed by atoms with Crippen LogP contribution in [0.1, 0.15) is 11.3 Å². The van der Waals surface area contributed by atoms with E-state index in [2.05, 4.69) is 4.98 Å². The number of nitrogens with zero attached hydrogens (tertiary/aromatic N) is 1. The fraction of sp³-hybridized carbons (Fsp3) is 0.0769. The average Bonchev–Trinajstić information content (AvgIpc) is 2.35. The monoisotopic (exact) mass is 228 g/mol. The minimum absolute atomic E-state index is 0.573. The predicted molar refractivity (Wildman–Crippen MR) is 65.4 cm³/mol. The number of nitrogens with one attached hydrogen (secondary N) is 1. The third-order valence-electron chi connectivity index (χ3n) is 2.38.